The molecule has 0 saturated carbocycles. The van der Waals surface area contributed by atoms with Crippen LogP contribution >= 0.6 is 0 Å². The molecule has 5 heteroatoms. The maximum absolute atomic E-state index is 13.6. The summed E-state index contributed by atoms with van der Waals surface area (Å²) in [6.07, 6.45) is 0. The molecule has 4 nitrogen and oxygen atoms in total. The number of ether oxygens (including phenoxy) is 1. The zero-order valence-electron chi connectivity index (χ0n) is 11.9. The lowest BCUT2D eigenvalue weighted by atomic mass is 10.1. The van der Waals surface area contributed by atoms with Gasteiger partial charge in [0.1, 0.15) is 0 Å². The number of methoxy groups -OCH3 is 1. The lowest BCUT2D eigenvalue weighted by Crippen LogP contribution is -2.36. The van der Waals surface area contributed by atoms with Crippen molar-refractivity contribution in [1.29, 1.82) is 0 Å². The highest BCUT2D eigenvalue weighted by molar-refractivity contribution is 5.77. The Labute approximate surface area is 113 Å². The van der Waals surface area contributed by atoms with E-state index in [9.17, 15) is 9.18 Å². The summed E-state index contributed by atoms with van der Waals surface area (Å²) in [5, 5.41) is 3.08. The van der Waals surface area contributed by atoms with Crippen LogP contribution < -0.4 is 10.1 Å². The number of nitrogens with zero attached hydrogens (tertiary/aromatic N) is 1. The van der Waals surface area contributed by atoms with Crippen LogP contribution in [-0.2, 0) is 4.79 Å². The Bertz CT molecular complexity index is 437. The third-order valence-corrected chi connectivity index (χ3v) is 3.14. The van der Waals surface area contributed by atoms with Gasteiger partial charge in [-0.1, -0.05) is 6.07 Å². The van der Waals surface area contributed by atoms with Crippen molar-refractivity contribution < 1.29 is 13.9 Å². The highest BCUT2D eigenvalue weighted by Gasteiger charge is 2.12. The molecule has 19 heavy (non-hydrogen) atoms. The van der Waals surface area contributed by atoms with E-state index in [1.807, 2.05) is 13.8 Å². The molecule has 0 aromatic heterocycles. The van der Waals surface area contributed by atoms with Crippen molar-refractivity contribution >= 4 is 5.91 Å². The van der Waals surface area contributed by atoms with E-state index in [-0.39, 0.29) is 24.2 Å². The van der Waals surface area contributed by atoms with Gasteiger partial charge in [-0.3, -0.25) is 4.79 Å². The minimum atomic E-state index is -0.398. The van der Waals surface area contributed by atoms with E-state index >= 15 is 0 Å². The summed E-state index contributed by atoms with van der Waals surface area (Å²) in [4.78, 5) is 13.3. The first-order chi connectivity index (χ1) is 8.99. The van der Waals surface area contributed by atoms with E-state index in [0.29, 0.717) is 6.54 Å². The monoisotopic (exact) mass is 268 g/mol. The average Bonchev–Trinajstić information content (AvgIpc) is 2.43. The molecule has 1 aromatic rings. The Morgan fingerprint density at radius 2 is 2.21 bits per heavy atom. The van der Waals surface area contributed by atoms with Crippen molar-refractivity contribution in [3.63, 3.8) is 0 Å². The topological polar surface area (TPSA) is 41.6 Å². The second-order valence-electron chi connectivity index (χ2n) is 4.40. The summed E-state index contributed by atoms with van der Waals surface area (Å²) >= 11 is 0. The minimum absolute atomic E-state index is 0.0170. The molecule has 1 rings (SSSR count). The molecule has 0 aliphatic carbocycles. The van der Waals surface area contributed by atoms with Crippen LogP contribution in [-0.4, -0.2) is 38.1 Å². The second kappa shape index (κ2) is 7.09. The number of hydrogen-bond acceptors (Lipinski definition) is 3. The molecule has 106 valence electrons. The summed E-state index contributed by atoms with van der Waals surface area (Å²) in [6.45, 7) is 4.71. The van der Waals surface area contributed by atoms with E-state index in [1.54, 1.807) is 24.1 Å². The Kier molecular flexibility index (Phi) is 5.76. The number of hydrogen-bond donors (Lipinski definition) is 1. The highest BCUT2D eigenvalue weighted by atomic mass is 19.1. The van der Waals surface area contributed by atoms with Crippen LogP contribution in [0.15, 0.2) is 18.2 Å². The van der Waals surface area contributed by atoms with E-state index in [1.165, 1.54) is 13.2 Å². The minimum Gasteiger partial charge on any atom is -0.494 e. The van der Waals surface area contributed by atoms with Gasteiger partial charge < -0.3 is 15.0 Å². The third kappa shape index (κ3) is 4.21. The zero-order chi connectivity index (χ0) is 14.4. The number of nitrogens with one attached hydrogen (secondary N) is 1. The van der Waals surface area contributed by atoms with E-state index in [0.717, 1.165) is 5.56 Å². The van der Waals surface area contributed by atoms with Crippen LogP contribution in [0.3, 0.4) is 0 Å². The first kappa shape index (κ1) is 15.4. The van der Waals surface area contributed by atoms with Crippen LogP contribution in [0.1, 0.15) is 25.5 Å². The van der Waals surface area contributed by atoms with Crippen molar-refractivity contribution in [2.45, 2.75) is 19.9 Å². The number of likely N-dealkylation sites (N-methyl/N-ethyl adjacent to an activating group) is 1. The van der Waals surface area contributed by atoms with Gasteiger partial charge in [0.05, 0.1) is 13.7 Å². The van der Waals surface area contributed by atoms with E-state index in [2.05, 4.69) is 5.32 Å². The zero-order valence-corrected chi connectivity index (χ0v) is 11.9. The predicted octanol–water partition coefficient (Wildman–Crippen LogP) is 1.96. The van der Waals surface area contributed by atoms with Crippen molar-refractivity contribution in [2.24, 2.45) is 0 Å². The van der Waals surface area contributed by atoms with Gasteiger partial charge in [0.25, 0.3) is 0 Å². The first-order valence-electron chi connectivity index (χ1n) is 6.30. The summed E-state index contributed by atoms with van der Waals surface area (Å²) in [7, 11) is 3.18. The highest BCUT2D eigenvalue weighted by Crippen LogP contribution is 2.21. The molecular formula is C14H21FN2O2. The van der Waals surface area contributed by atoms with Gasteiger partial charge in [-0.2, -0.15) is 0 Å². The standard InChI is InChI=1S/C14H21FN2O2/c1-5-17(3)14(18)9-16-10(2)11-6-7-13(19-4)12(15)8-11/h6-8,10,16H,5,9H2,1-4H3. The molecule has 0 bridgehead atoms. The Balaban J connectivity index is 2.61. The van der Waals surface area contributed by atoms with Gasteiger partial charge in [-0.25, -0.2) is 4.39 Å². The van der Waals surface area contributed by atoms with Crippen LogP contribution in [0.5, 0.6) is 5.75 Å². The molecule has 0 heterocycles. The summed E-state index contributed by atoms with van der Waals surface area (Å²) in [5.74, 6) is -0.160. The fraction of sp³-hybridized carbons (Fsp3) is 0.500. The van der Waals surface area contributed by atoms with Crippen LogP contribution in [0.2, 0.25) is 0 Å². The summed E-state index contributed by atoms with van der Waals surface area (Å²) in [6, 6.07) is 4.69. The number of amides is 1. The molecule has 1 amide bonds. The van der Waals surface area contributed by atoms with Gasteiger partial charge >= 0.3 is 0 Å². The number of carbonyl (C=O) groups is 1. The van der Waals surface area contributed by atoms with Gasteiger partial charge in [0, 0.05) is 19.6 Å². The molecular weight excluding hydrogens is 247 g/mol. The largest absolute Gasteiger partial charge is 0.494 e. The predicted molar refractivity (Wildman–Crippen MR) is 72.7 cm³/mol. The molecule has 0 aliphatic heterocycles. The molecule has 0 saturated heterocycles. The molecule has 1 aromatic carbocycles. The van der Waals surface area contributed by atoms with Crippen molar-refractivity contribution in [2.75, 3.05) is 27.2 Å². The number of carbonyl (C=O) groups excluding carboxylic acids is 1. The van der Waals surface area contributed by atoms with E-state index < -0.39 is 5.82 Å². The molecule has 1 unspecified atom stereocenters. The van der Waals surface area contributed by atoms with Crippen LogP contribution in [0.25, 0.3) is 0 Å². The lowest BCUT2D eigenvalue weighted by Gasteiger charge is -2.18. The number of halogens is 1. The SMILES string of the molecule is CCN(C)C(=O)CNC(C)c1ccc(OC)c(F)c1. The Hall–Kier alpha value is -1.62. The van der Waals surface area contributed by atoms with Gasteiger partial charge in [-0.15, -0.1) is 0 Å². The molecule has 1 atom stereocenters. The first-order valence-corrected chi connectivity index (χ1v) is 6.30. The van der Waals surface area contributed by atoms with Gasteiger partial charge in [0.15, 0.2) is 11.6 Å². The van der Waals surface area contributed by atoms with Crippen molar-refractivity contribution in [3.8, 4) is 5.75 Å². The number of rotatable bonds is 6. The lowest BCUT2D eigenvalue weighted by molar-refractivity contribution is -0.128. The maximum atomic E-state index is 13.6. The van der Waals surface area contributed by atoms with Crippen LogP contribution in [0.4, 0.5) is 4.39 Å². The fourth-order valence-electron chi connectivity index (χ4n) is 1.62. The van der Waals surface area contributed by atoms with Gasteiger partial charge in [-0.05, 0) is 31.5 Å². The maximum Gasteiger partial charge on any atom is 0.236 e. The van der Waals surface area contributed by atoms with Crippen molar-refractivity contribution in [3.05, 3.63) is 29.6 Å². The fourth-order valence-corrected chi connectivity index (χ4v) is 1.62. The third-order valence-electron chi connectivity index (χ3n) is 3.14. The Morgan fingerprint density at radius 1 is 1.53 bits per heavy atom. The van der Waals surface area contributed by atoms with Gasteiger partial charge in [0.2, 0.25) is 5.91 Å². The van der Waals surface area contributed by atoms with Crippen molar-refractivity contribution in [1.82, 2.24) is 10.2 Å². The normalized spacial score (nSPS) is 12.1. The quantitative estimate of drug-likeness (QED) is 0.857. The summed E-state index contributed by atoms with van der Waals surface area (Å²) < 4.78 is 18.4. The second-order valence-corrected chi connectivity index (χ2v) is 4.40. The van der Waals surface area contributed by atoms with E-state index in [4.69, 9.17) is 4.74 Å². The van der Waals surface area contributed by atoms with Crippen LogP contribution in [0, 0.1) is 5.82 Å². The molecule has 0 radical (unpaired) electrons. The average molecular weight is 268 g/mol. The molecule has 0 spiro atoms. The number of benzene rings is 1. The molecule has 0 fully saturated rings. The molecule has 0 aliphatic rings. The summed E-state index contributed by atoms with van der Waals surface area (Å²) in [5.41, 5.74) is 0.783. The Morgan fingerprint density at radius 3 is 2.74 bits per heavy atom. The smallest absolute Gasteiger partial charge is 0.236 e. The molecule has 1 N–H and O–H groups in total.